The van der Waals surface area contributed by atoms with Gasteiger partial charge in [-0.15, -0.1) is 0 Å². The number of pyridine rings is 1. The molecule has 21 heavy (non-hydrogen) atoms. The normalized spacial score (nSPS) is 19.0. The highest BCUT2D eigenvalue weighted by Crippen LogP contribution is 2.35. The van der Waals surface area contributed by atoms with E-state index >= 15 is 0 Å². The zero-order chi connectivity index (χ0) is 15.0. The molecule has 0 fully saturated rings. The summed E-state index contributed by atoms with van der Waals surface area (Å²) in [5, 5.41) is 4.99. The first kappa shape index (κ1) is 14.4. The third kappa shape index (κ3) is 2.77. The molecule has 0 bridgehead atoms. The van der Waals surface area contributed by atoms with Crippen LogP contribution in [0.3, 0.4) is 0 Å². The van der Waals surface area contributed by atoms with E-state index in [0.29, 0.717) is 6.42 Å². The Morgan fingerprint density at radius 1 is 1.38 bits per heavy atom. The first-order valence-corrected chi connectivity index (χ1v) is 7.59. The Hall–Kier alpha value is -1.56. The molecule has 0 saturated heterocycles. The van der Waals surface area contributed by atoms with E-state index in [1.54, 1.807) is 16.8 Å². The summed E-state index contributed by atoms with van der Waals surface area (Å²) in [6.07, 6.45) is 3.68. The highest BCUT2D eigenvalue weighted by molar-refractivity contribution is 9.08. The molecule has 0 saturated carbocycles. The largest absolute Gasteiger partial charge is 0.416 e. The fourth-order valence-electron chi connectivity index (χ4n) is 2.47. The van der Waals surface area contributed by atoms with Gasteiger partial charge in [0.2, 0.25) is 0 Å². The second-order valence-corrected chi connectivity index (χ2v) is 5.52. The Morgan fingerprint density at radius 3 is 2.81 bits per heavy atom. The third-order valence-electron chi connectivity index (χ3n) is 3.60. The number of alkyl halides is 4. The Morgan fingerprint density at radius 2 is 2.19 bits per heavy atom. The number of aromatic nitrogens is 2. The molecule has 2 nitrogen and oxygen atoms in total. The van der Waals surface area contributed by atoms with Gasteiger partial charge in [0.25, 0.3) is 0 Å². The summed E-state index contributed by atoms with van der Waals surface area (Å²) in [4.78, 5) is 0. The van der Waals surface area contributed by atoms with Crippen molar-refractivity contribution < 1.29 is 13.2 Å². The smallest absolute Gasteiger partial charge is 0.241 e. The van der Waals surface area contributed by atoms with Crippen LogP contribution in [0.4, 0.5) is 13.2 Å². The molecule has 1 atom stereocenters. The quantitative estimate of drug-likeness (QED) is 0.709. The summed E-state index contributed by atoms with van der Waals surface area (Å²) in [6, 6.07) is 3.96. The Kier molecular flexibility index (Phi) is 3.65. The summed E-state index contributed by atoms with van der Waals surface area (Å²) in [6.45, 7) is 0. The van der Waals surface area contributed by atoms with Gasteiger partial charge in [0, 0.05) is 23.0 Å². The van der Waals surface area contributed by atoms with Crippen LogP contribution in [-0.4, -0.2) is 15.8 Å². The predicted molar refractivity (Wildman–Crippen MR) is 78.5 cm³/mol. The third-order valence-corrected chi connectivity index (χ3v) is 4.24. The van der Waals surface area contributed by atoms with E-state index in [4.69, 9.17) is 0 Å². The second kappa shape index (κ2) is 5.33. The van der Waals surface area contributed by atoms with Gasteiger partial charge in [0.05, 0.1) is 17.3 Å². The summed E-state index contributed by atoms with van der Waals surface area (Å²) < 4.78 is 39.6. The fourth-order valence-corrected chi connectivity index (χ4v) is 2.82. The van der Waals surface area contributed by atoms with Crippen molar-refractivity contribution in [2.24, 2.45) is 0 Å². The molecule has 3 rings (SSSR count). The average Bonchev–Trinajstić information content (AvgIpc) is 2.89. The van der Waals surface area contributed by atoms with E-state index in [9.17, 15) is 13.2 Å². The van der Waals surface area contributed by atoms with Crippen molar-refractivity contribution in [3.63, 3.8) is 0 Å². The van der Waals surface area contributed by atoms with E-state index in [-0.39, 0.29) is 5.92 Å². The molecule has 2 aromatic rings. The van der Waals surface area contributed by atoms with Gasteiger partial charge in [-0.05, 0) is 24.1 Å². The van der Waals surface area contributed by atoms with Gasteiger partial charge in [0.1, 0.15) is 0 Å². The van der Waals surface area contributed by atoms with E-state index in [2.05, 4.69) is 21.0 Å². The minimum Gasteiger partial charge on any atom is -0.241 e. The van der Waals surface area contributed by atoms with Crippen LogP contribution < -0.4 is 0 Å². The average molecular weight is 357 g/mol. The van der Waals surface area contributed by atoms with E-state index < -0.39 is 11.7 Å². The second-order valence-electron chi connectivity index (χ2n) is 4.96. The van der Waals surface area contributed by atoms with Crippen molar-refractivity contribution in [2.45, 2.75) is 23.8 Å². The zero-order valence-corrected chi connectivity index (χ0v) is 12.5. The molecule has 110 valence electrons. The summed E-state index contributed by atoms with van der Waals surface area (Å²) in [5.41, 5.74) is 2.42. The SMILES string of the molecule is FC(F)(F)C1=CCC(c2cnn3ccc(CBr)cc23)C=C1. The maximum Gasteiger partial charge on any atom is 0.416 e. The molecule has 0 aliphatic heterocycles. The molecule has 0 N–H and O–H groups in total. The van der Waals surface area contributed by atoms with Gasteiger partial charge in [0.15, 0.2) is 0 Å². The highest BCUT2D eigenvalue weighted by Gasteiger charge is 2.33. The predicted octanol–water partition coefficient (Wildman–Crippen LogP) is 4.76. The van der Waals surface area contributed by atoms with E-state index in [1.807, 2.05) is 18.3 Å². The van der Waals surface area contributed by atoms with Crippen LogP contribution in [0.25, 0.3) is 5.52 Å². The van der Waals surface area contributed by atoms with Gasteiger partial charge in [-0.3, -0.25) is 0 Å². The van der Waals surface area contributed by atoms with Gasteiger partial charge in [-0.25, -0.2) is 4.52 Å². The van der Waals surface area contributed by atoms with Crippen LogP contribution in [0.15, 0.2) is 48.3 Å². The molecular weight excluding hydrogens is 345 g/mol. The van der Waals surface area contributed by atoms with Gasteiger partial charge in [-0.1, -0.05) is 34.2 Å². The van der Waals surface area contributed by atoms with E-state index in [1.165, 1.54) is 6.08 Å². The summed E-state index contributed by atoms with van der Waals surface area (Å²) in [5.74, 6) is -0.0702. The Labute approximate surface area is 128 Å². The van der Waals surface area contributed by atoms with Crippen LogP contribution in [-0.2, 0) is 5.33 Å². The molecule has 2 aromatic heterocycles. The highest BCUT2D eigenvalue weighted by atomic mass is 79.9. The lowest BCUT2D eigenvalue weighted by Gasteiger charge is -2.17. The number of rotatable bonds is 2. The number of fused-ring (bicyclic) bond motifs is 1. The number of halogens is 4. The van der Waals surface area contributed by atoms with Crippen LogP contribution in [0, 0.1) is 0 Å². The van der Waals surface area contributed by atoms with Gasteiger partial charge < -0.3 is 0 Å². The van der Waals surface area contributed by atoms with Crippen LogP contribution in [0.2, 0.25) is 0 Å². The fraction of sp³-hybridized carbons (Fsp3) is 0.267. The molecule has 1 aliphatic carbocycles. The summed E-state index contributed by atoms with van der Waals surface area (Å²) in [7, 11) is 0. The number of allylic oxidation sites excluding steroid dienone is 4. The molecule has 6 heteroatoms. The number of nitrogens with zero attached hydrogens (tertiary/aromatic N) is 2. The van der Waals surface area contributed by atoms with Crippen LogP contribution >= 0.6 is 15.9 Å². The minimum atomic E-state index is -4.27. The van der Waals surface area contributed by atoms with Crippen LogP contribution in [0.1, 0.15) is 23.5 Å². The molecule has 0 aromatic carbocycles. The molecular formula is C15H12BrF3N2. The number of hydrogen-bond acceptors (Lipinski definition) is 1. The van der Waals surface area contributed by atoms with Crippen LogP contribution in [0.5, 0.6) is 0 Å². The molecule has 0 radical (unpaired) electrons. The standard InChI is InChI=1S/C15H12BrF3N2/c16-8-10-5-6-21-14(7-10)13(9-20-21)11-1-3-12(4-2-11)15(17,18)19/h1,3-7,9,11H,2,8H2. The molecule has 1 aliphatic rings. The van der Waals surface area contributed by atoms with Crippen molar-refractivity contribution in [3.8, 4) is 0 Å². The van der Waals surface area contributed by atoms with Crippen molar-refractivity contribution >= 4 is 21.4 Å². The van der Waals surface area contributed by atoms with Gasteiger partial charge >= 0.3 is 6.18 Å². The maximum absolute atomic E-state index is 12.6. The van der Waals surface area contributed by atoms with Crippen molar-refractivity contribution in [3.05, 3.63) is 59.5 Å². The topological polar surface area (TPSA) is 17.3 Å². The molecule has 0 spiro atoms. The van der Waals surface area contributed by atoms with Crippen molar-refractivity contribution in [2.75, 3.05) is 0 Å². The first-order valence-electron chi connectivity index (χ1n) is 6.46. The molecule has 2 heterocycles. The zero-order valence-electron chi connectivity index (χ0n) is 10.9. The first-order chi connectivity index (χ1) is 9.99. The monoisotopic (exact) mass is 356 g/mol. The maximum atomic E-state index is 12.6. The minimum absolute atomic E-state index is 0.0702. The van der Waals surface area contributed by atoms with Gasteiger partial charge in [-0.2, -0.15) is 18.3 Å². The Bertz CT molecular complexity index is 728. The lowest BCUT2D eigenvalue weighted by molar-refractivity contribution is -0.0886. The summed E-state index contributed by atoms with van der Waals surface area (Å²) >= 11 is 3.40. The number of hydrogen-bond donors (Lipinski definition) is 0. The lowest BCUT2D eigenvalue weighted by Crippen LogP contribution is -2.13. The van der Waals surface area contributed by atoms with Crippen molar-refractivity contribution in [1.82, 2.24) is 9.61 Å². The van der Waals surface area contributed by atoms with Crippen molar-refractivity contribution in [1.29, 1.82) is 0 Å². The van der Waals surface area contributed by atoms with E-state index in [0.717, 1.165) is 28.0 Å². The lowest BCUT2D eigenvalue weighted by atomic mass is 9.90. The molecule has 1 unspecified atom stereocenters. The molecule has 0 amide bonds. The Balaban J connectivity index is 1.93.